The molecule has 0 bridgehead atoms. The first-order chi connectivity index (χ1) is 6.29. The summed E-state index contributed by atoms with van der Waals surface area (Å²) in [5.74, 6) is 0. The van der Waals surface area contributed by atoms with E-state index in [1.165, 1.54) is 0 Å². The van der Waals surface area contributed by atoms with Crippen molar-refractivity contribution >= 4 is 6.03 Å². The number of amides is 2. The molecule has 0 radical (unpaired) electrons. The molecule has 0 aliphatic carbocycles. The Kier molecular flexibility index (Phi) is 3.80. The number of carbonyl (C=O) groups excluding carboxylic acids is 1. The van der Waals surface area contributed by atoms with Gasteiger partial charge in [0.25, 0.3) is 0 Å². The molecule has 0 aromatic heterocycles. The predicted molar refractivity (Wildman–Crippen MR) is 53.6 cm³/mol. The first-order valence-corrected chi connectivity index (χ1v) is 4.94. The number of rotatable bonds is 5. The molecule has 0 spiro atoms. The number of unbranched alkanes of at least 4 members (excludes halogenated alkanes) is 1. The third kappa shape index (κ3) is 2.47. The minimum atomic E-state index is 0.174. The molecule has 3 nitrogen and oxygen atoms in total. The SMILES string of the molecule is C=CCN1CCN(CCCC)C1=O. The van der Waals surface area contributed by atoms with E-state index in [2.05, 4.69) is 13.5 Å². The number of carbonyl (C=O) groups is 1. The van der Waals surface area contributed by atoms with Gasteiger partial charge in [-0.3, -0.25) is 0 Å². The van der Waals surface area contributed by atoms with Crippen molar-refractivity contribution in [2.75, 3.05) is 26.2 Å². The van der Waals surface area contributed by atoms with Gasteiger partial charge in [0, 0.05) is 26.2 Å². The average molecular weight is 182 g/mol. The molecule has 1 rings (SSSR count). The molecular formula is C10H18N2O. The summed E-state index contributed by atoms with van der Waals surface area (Å²) in [7, 11) is 0. The summed E-state index contributed by atoms with van der Waals surface area (Å²) in [6, 6.07) is 0.174. The van der Waals surface area contributed by atoms with E-state index >= 15 is 0 Å². The Bertz CT molecular complexity index is 191. The number of hydrogen-bond acceptors (Lipinski definition) is 1. The van der Waals surface area contributed by atoms with Crippen LogP contribution in [0.5, 0.6) is 0 Å². The van der Waals surface area contributed by atoms with Gasteiger partial charge in [0.1, 0.15) is 0 Å². The molecule has 0 aromatic rings. The number of nitrogens with zero attached hydrogens (tertiary/aromatic N) is 2. The van der Waals surface area contributed by atoms with Crippen LogP contribution in [0.1, 0.15) is 19.8 Å². The lowest BCUT2D eigenvalue weighted by Crippen LogP contribution is -2.32. The van der Waals surface area contributed by atoms with E-state index < -0.39 is 0 Å². The van der Waals surface area contributed by atoms with E-state index in [9.17, 15) is 4.79 Å². The van der Waals surface area contributed by atoms with Crippen molar-refractivity contribution in [3.63, 3.8) is 0 Å². The Morgan fingerprint density at radius 2 is 2.15 bits per heavy atom. The molecule has 2 amide bonds. The van der Waals surface area contributed by atoms with Gasteiger partial charge in [-0.25, -0.2) is 4.79 Å². The Balaban J connectivity index is 2.36. The van der Waals surface area contributed by atoms with Gasteiger partial charge in [0.15, 0.2) is 0 Å². The minimum Gasteiger partial charge on any atom is -0.323 e. The lowest BCUT2D eigenvalue weighted by atomic mass is 10.3. The highest BCUT2D eigenvalue weighted by molar-refractivity contribution is 5.76. The highest BCUT2D eigenvalue weighted by Crippen LogP contribution is 2.09. The maximum Gasteiger partial charge on any atom is 0.320 e. The zero-order valence-corrected chi connectivity index (χ0v) is 8.33. The highest BCUT2D eigenvalue weighted by atomic mass is 16.2. The van der Waals surface area contributed by atoms with Crippen LogP contribution in [0.2, 0.25) is 0 Å². The van der Waals surface area contributed by atoms with Crippen LogP contribution in [0.25, 0.3) is 0 Å². The van der Waals surface area contributed by atoms with Gasteiger partial charge in [0.05, 0.1) is 0 Å². The average Bonchev–Trinajstić information content (AvgIpc) is 2.46. The highest BCUT2D eigenvalue weighted by Gasteiger charge is 2.26. The third-order valence-corrected chi connectivity index (χ3v) is 2.31. The Morgan fingerprint density at radius 1 is 1.46 bits per heavy atom. The Hall–Kier alpha value is -0.990. The van der Waals surface area contributed by atoms with E-state index in [4.69, 9.17) is 0 Å². The molecule has 0 saturated carbocycles. The molecule has 1 saturated heterocycles. The largest absolute Gasteiger partial charge is 0.323 e. The van der Waals surface area contributed by atoms with E-state index in [1.807, 2.05) is 9.80 Å². The summed E-state index contributed by atoms with van der Waals surface area (Å²) in [6.45, 7) is 9.10. The molecule has 0 aromatic carbocycles. The van der Waals surface area contributed by atoms with Crippen molar-refractivity contribution < 1.29 is 4.79 Å². The summed E-state index contributed by atoms with van der Waals surface area (Å²) < 4.78 is 0. The van der Waals surface area contributed by atoms with Crippen LogP contribution in [0.4, 0.5) is 4.79 Å². The van der Waals surface area contributed by atoms with Gasteiger partial charge >= 0.3 is 6.03 Å². The monoisotopic (exact) mass is 182 g/mol. The summed E-state index contributed by atoms with van der Waals surface area (Å²) >= 11 is 0. The molecular weight excluding hydrogens is 164 g/mol. The van der Waals surface area contributed by atoms with Gasteiger partial charge in [-0.15, -0.1) is 6.58 Å². The van der Waals surface area contributed by atoms with Gasteiger partial charge in [-0.1, -0.05) is 19.4 Å². The van der Waals surface area contributed by atoms with Crippen molar-refractivity contribution in [3.8, 4) is 0 Å². The first kappa shape index (κ1) is 10.1. The summed E-state index contributed by atoms with van der Waals surface area (Å²) in [6.07, 6.45) is 4.03. The zero-order valence-electron chi connectivity index (χ0n) is 8.33. The van der Waals surface area contributed by atoms with Gasteiger partial charge < -0.3 is 9.80 Å². The predicted octanol–water partition coefficient (Wildman–Crippen LogP) is 1.71. The maximum absolute atomic E-state index is 11.6. The Labute approximate surface area is 80.0 Å². The molecule has 1 aliphatic rings. The van der Waals surface area contributed by atoms with Crippen molar-refractivity contribution in [1.29, 1.82) is 0 Å². The lowest BCUT2D eigenvalue weighted by molar-refractivity contribution is 0.195. The lowest BCUT2D eigenvalue weighted by Gasteiger charge is -2.16. The van der Waals surface area contributed by atoms with Crippen LogP contribution < -0.4 is 0 Å². The summed E-state index contributed by atoms with van der Waals surface area (Å²) in [4.78, 5) is 15.4. The Morgan fingerprint density at radius 3 is 2.77 bits per heavy atom. The number of hydrogen-bond donors (Lipinski definition) is 0. The quantitative estimate of drug-likeness (QED) is 0.594. The van der Waals surface area contributed by atoms with Crippen LogP contribution in [0.15, 0.2) is 12.7 Å². The van der Waals surface area contributed by atoms with E-state index in [0.29, 0.717) is 6.54 Å². The summed E-state index contributed by atoms with van der Waals surface area (Å²) in [5.41, 5.74) is 0. The van der Waals surface area contributed by atoms with E-state index in [0.717, 1.165) is 32.5 Å². The normalized spacial score (nSPS) is 16.8. The van der Waals surface area contributed by atoms with Crippen molar-refractivity contribution in [3.05, 3.63) is 12.7 Å². The standard InChI is InChI=1S/C10H18N2O/c1-3-5-7-12-9-8-11(6-4-2)10(12)13/h4H,2-3,5-9H2,1H3. The molecule has 1 fully saturated rings. The molecule has 0 atom stereocenters. The van der Waals surface area contributed by atoms with Crippen molar-refractivity contribution in [2.24, 2.45) is 0 Å². The fourth-order valence-electron chi connectivity index (χ4n) is 1.51. The molecule has 3 heteroatoms. The van der Waals surface area contributed by atoms with Crippen molar-refractivity contribution in [2.45, 2.75) is 19.8 Å². The van der Waals surface area contributed by atoms with Crippen molar-refractivity contribution in [1.82, 2.24) is 9.80 Å². The van der Waals surface area contributed by atoms with Crippen LogP contribution in [-0.2, 0) is 0 Å². The molecule has 0 N–H and O–H groups in total. The summed E-state index contributed by atoms with van der Waals surface area (Å²) in [5, 5.41) is 0. The van der Waals surface area contributed by atoms with Crippen LogP contribution in [0, 0.1) is 0 Å². The smallest absolute Gasteiger partial charge is 0.320 e. The third-order valence-electron chi connectivity index (χ3n) is 2.31. The second-order valence-corrected chi connectivity index (χ2v) is 3.36. The van der Waals surface area contributed by atoms with E-state index in [1.54, 1.807) is 6.08 Å². The molecule has 1 heterocycles. The molecule has 1 aliphatic heterocycles. The van der Waals surface area contributed by atoms with Crippen LogP contribution >= 0.6 is 0 Å². The van der Waals surface area contributed by atoms with Gasteiger partial charge in [-0.05, 0) is 6.42 Å². The van der Waals surface area contributed by atoms with E-state index in [-0.39, 0.29) is 6.03 Å². The fraction of sp³-hybridized carbons (Fsp3) is 0.700. The first-order valence-electron chi connectivity index (χ1n) is 4.94. The topological polar surface area (TPSA) is 23.6 Å². The molecule has 74 valence electrons. The van der Waals surface area contributed by atoms with Gasteiger partial charge in [0.2, 0.25) is 0 Å². The van der Waals surface area contributed by atoms with Gasteiger partial charge in [-0.2, -0.15) is 0 Å². The second kappa shape index (κ2) is 4.90. The number of urea groups is 1. The molecule has 0 unspecified atom stereocenters. The maximum atomic E-state index is 11.6. The molecule has 13 heavy (non-hydrogen) atoms. The van der Waals surface area contributed by atoms with Crippen LogP contribution in [0.3, 0.4) is 0 Å². The zero-order chi connectivity index (χ0) is 9.68. The fourth-order valence-corrected chi connectivity index (χ4v) is 1.51. The minimum absolute atomic E-state index is 0.174. The van der Waals surface area contributed by atoms with Crippen LogP contribution in [-0.4, -0.2) is 42.0 Å². The second-order valence-electron chi connectivity index (χ2n) is 3.36.